The SMILES string of the molecule is CCCCCCCOc1ccc([C@@H]2c3c(c4ccccc4oc3=O)Nc3ccc4ccccc4c32)cc1. The molecule has 1 aliphatic rings. The zero-order chi connectivity index (χ0) is 25.2. The smallest absolute Gasteiger partial charge is 0.342 e. The molecule has 2 heterocycles. The van der Waals surface area contributed by atoms with Crippen molar-refractivity contribution in [3.63, 3.8) is 0 Å². The summed E-state index contributed by atoms with van der Waals surface area (Å²) >= 11 is 0. The van der Waals surface area contributed by atoms with Crippen LogP contribution in [0.1, 0.15) is 61.6 Å². The molecular weight excluding hydrogens is 458 g/mol. The van der Waals surface area contributed by atoms with Crippen LogP contribution in [0.2, 0.25) is 0 Å². The van der Waals surface area contributed by atoms with Gasteiger partial charge in [0.2, 0.25) is 0 Å². The van der Waals surface area contributed by atoms with Crippen molar-refractivity contribution in [3.8, 4) is 5.75 Å². The van der Waals surface area contributed by atoms with Crippen LogP contribution in [0.15, 0.2) is 94.1 Å². The van der Waals surface area contributed by atoms with Crippen LogP contribution in [-0.4, -0.2) is 6.61 Å². The van der Waals surface area contributed by atoms with Crippen molar-refractivity contribution in [1.82, 2.24) is 0 Å². The van der Waals surface area contributed by atoms with Crippen molar-refractivity contribution in [3.05, 3.63) is 112 Å². The Morgan fingerprint density at radius 2 is 1.54 bits per heavy atom. The molecule has 4 aromatic carbocycles. The molecular formula is C33H31NO3. The first-order valence-electron chi connectivity index (χ1n) is 13.3. The highest BCUT2D eigenvalue weighted by Gasteiger charge is 2.33. The molecule has 1 atom stereocenters. The molecule has 4 nitrogen and oxygen atoms in total. The number of unbranched alkanes of at least 4 members (excludes halogenated alkanes) is 4. The zero-order valence-electron chi connectivity index (χ0n) is 21.1. The van der Waals surface area contributed by atoms with E-state index in [9.17, 15) is 4.79 Å². The summed E-state index contributed by atoms with van der Waals surface area (Å²) in [5.41, 5.74) is 4.90. The van der Waals surface area contributed by atoms with Gasteiger partial charge in [-0.25, -0.2) is 4.79 Å². The number of hydrogen-bond donors (Lipinski definition) is 1. The Balaban J connectivity index is 1.43. The van der Waals surface area contributed by atoms with E-state index in [1.807, 2.05) is 42.5 Å². The van der Waals surface area contributed by atoms with E-state index in [0.29, 0.717) is 11.1 Å². The number of hydrogen-bond acceptors (Lipinski definition) is 4. The van der Waals surface area contributed by atoms with E-state index in [-0.39, 0.29) is 11.5 Å². The van der Waals surface area contributed by atoms with Crippen LogP contribution >= 0.6 is 0 Å². The number of anilines is 2. The molecule has 0 spiro atoms. The van der Waals surface area contributed by atoms with E-state index >= 15 is 0 Å². The monoisotopic (exact) mass is 489 g/mol. The highest BCUT2D eigenvalue weighted by Crippen LogP contribution is 2.48. The molecule has 1 aliphatic heterocycles. The Morgan fingerprint density at radius 1 is 0.784 bits per heavy atom. The summed E-state index contributed by atoms with van der Waals surface area (Å²) in [6.45, 7) is 2.95. The van der Waals surface area contributed by atoms with Gasteiger partial charge in [0.15, 0.2) is 0 Å². The van der Waals surface area contributed by atoms with Crippen LogP contribution in [-0.2, 0) is 0 Å². The van der Waals surface area contributed by atoms with Gasteiger partial charge in [0.25, 0.3) is 0 Å². The van der Waals surface area contributed by atoms with E-state index in [2.05, 4.69) is 54.7 Å². The third kappa shape index (κ3) is 4.37. The lowest BCUT2D eigenvalue weighted by atomic mass is 9.79. The summed E-state index contributed by atoms with van der Waals surface area (Å²) < 4.78 is 11.9. The van der Waals surface area contributed by atoms with Crippen LogP contribution in [0.4, 0.5) is 11.4 Å². The van der Waals surface area contributed by atoms with Gasteiger partial charge in [0.1, 0.15) is 11.3 Å². The van der Waals surface area contributed by atoms with Crippen LogP contribution in [0, 0.1) is 0 Å². The molecule has 0 amide bonds. The van der Waals surface area contributed by atoms with E-state index in [1.165, 1.54) is 25.7 Å². The number of nitrogens with one attached hydrogen (secondary N) is 1. The average molecular weight is 490 g/mol. The van der Waals surface area contributed by atoms with Crippen LogP contribution in [0.5, 0.6) is 5.75 Å². The first-order valence-corrected chi connectivity index (χ1v) is 13.3. The zero-order valence-corrected chi connectivity index (χ0v) is 21.1. The second-order valence-corrected chi connectivity index (χ2v) is 9.81. The molecule has 0 radical (unpaired) electrons. The maximum atomic E-state index is 13.5. The minimum absolute atomic E-state index is 0.263. The lowest BCUT2D eigenvalue weighted by Gasteiger charge is -2.30. The van der Waals surface area contributed by atoms with E-state index < -0.39 is 0 Å². The van der Waals surface area contributed by atoms with Crippen molar-refractivity contribution >= 4 is 33.1 Å². The molecule has 4 heteroatoms. The second kappa shape index (κ2) is 10.1. The Morgan fingerprint density at radius 3 is 2.38 bits per heavy atom. The highest BCUT2D eigenvalue weighted by atomic mass is 16.5. The van der Waals surface area contributed by atoms with Gasteiger partial charge in [-0.05, 0) is 58.7 Å². The van der Waals surface area contributed by atoms with Crippen molar-refractivity contribution in [2.75, 3.05) is 11.9 Å². The Hall–Kier alpha value is -4.05. The third-order valence-corrected chi connectivity index (χ3v) is 7.39. The maximum absolute atomic E-state index is 13.5. The first-order chi connectivity index (χ1) is 18.2. The Labute approximate surface area is 216 Å². The molecule has 5 aromatic rings. The molecule has 0 unspecified atom stereocenters. The van der Waals surface area contributed by atoms with Crippen LogP contribution < -0.4 is 15.7 Å². The quantitative estimate of drug-likeness (QED) is 0.172. The van der Waals surface area contributed by atoms with E-state index in [1.54, 1.807) is 0 Å². The summed E-state index contributed by atoms with van der Waals surface area (Å²) in [6, 6.07) is 28.5. The molecule has 1 N–H and O–H groups in total. The van der Waals surface area contributed by atoms with Crippen molar-refractivity contribution in [2.45, 2.75) is 44.9 Å². The molecule has 0 fully saturated rings. The number of rotatable bonds is 8. The molecule has 0 saturated carbocycles. The van der Waals surface area contributed by atoms with E-state index in [0.717, 1.165) is 57.4 Å². The molecule has 37 heavy (non-hydrogen) atoms. The van der Waals surface area contributed by atoms with Gasteiger partial charge in [-0.1, -0.05) is 87.2 Å². The van der Waals surface area contributed by atoms with Crippen LogP contribution in [0.25, 0.3) is 21.7 Å². The predicted molar refractivity (Wildman–Crippen MR) is 151 cm³/mol. The number of benzene rings is 4. The summed E-state index contributed by atoms with van der Waals surface area (Å²) in [5.74, 6) is 0.596. The van der Waals surface area contributed by atoms with Gasteiger partial charge in [-0.2, -0.15) is 0 Å². The predicted octanol–water partition coefficient (Wildman–Crippen LogP) is 8.53. The first kappa shape index (κ1) is 23.4. The fraction of sp³-hybridized carbons (Fsp3) is 0.242. The number of para-hydroxylation sites is 1. The lowest BCUT2D eigenvalue weighted by molar-refractivity contribution is 0.304. The summed E-state index contributed by atoms with van der Waals surface area (Å²) in [6.07, 6.45) is 6.06. The highest BCUT2D eigenvalue weighted by molar-refractivity contribution is 6.00. The largest absolute Gasteiger partial charge is 0.494 e. The number of fused-ring (bicyclic) bond motifs is 6. The second-order valence-electron chi connectivity index (χ2n) is 9.81. The minimum Gasteiger partial charge on any atom is -0.494 e. The summed E-state index contributed by atoms with van der Waals surface area (Å²) in [7, 11) is 0. The Bertz CT molecular complexity index is 1620. The molecule has 186 valence electrons. The van der Waals surface area contributed by atoms with Gasteiger partial charge in [0.05, 0.1) is 17.9 Å². The molecule has 0 saturated heterocycles. The molecule has 6 rings (SSSR count). The van der Waals surface area contributed by atoms with Gasteiger partial charge in [-0.15, -0.1) is 0 Å². The standard InChI is InChI=1S/C33H31NO3/c1-2-3-4-5-10-21-36-24-18-15-23(16-19-24)29-30-25-12-7-6-11-22(25)17-20-27(30)34-32-26-13-8-9-14-28(26)37-33(35)31(29)32/h6-9,11-20,29,34H,2-5,10,21H2,1H3/t29-/m0/s1. The van der Waals surface area contributed by atoms with E-state index in [4.69, 9.17) is 9.15 Å². The molecule has 0 bridgehead atoms. The molecule has 1 aromatic heterocycles. The number of ether oxygens (including phenoxy) is 1. The fourth-order valence-corrected chi connectivity index (χ4v) is 5.54. The normalized spacial score (nSPS) is 14.2. The van der Waals surface area contributed by atoms with Crippen molar-refractivity contribution in [2.24, 2.45) is 0 Å². The lowest BCUT2D eigenvalue weighted by Crippen LogP contribution is -2.22. The summed E-state index contributed by atoms with van der Waals surface area (Å²) in [5, 5.41) is 6.77. The average Bonchev–Trinajstić information content (AvgIpc) is 2.94. The van der Waals surface area contributed by atoms with Gasteiger partial charge < -0.3 is 14.5 Å². The molecule has 0 aliphatic carbocycles. The third-order valence-electron chi connectivity index (χ3n) is 7.39. The minimum atomic E-state index is -0.308. The Kier molecular flexibility index (Phi) is 6.40. The van der Waals surface area contributed by atoms with Gasteiger partial charge in [-0.3, -0.25) is 0 Å². The summed E-state index contributed by atoms with van der Waals surface area (Å²) in [4.78, 5) is 13.5. The fourth-order valence-electron chi connectivity index (χ4n) is 5.54. The van der Waals surface area contributed by atoms with Crippen LogP contribution in [0.3, 0.4) is 0 Å². The topological polar surface area (TPSA) is 51.5 Å². The van der Waals surface area contributed by atoms with Crippen molar-refractivity contribution < 1.29 is 9.15 Å². The van der Waals surface area contributed by atoms with Gasteiger partial charge >= 0.3 is 5.63 Å². The van der Waals surface area contributed by atoms with Gasteiger partial charge in [0, 0.05) is 17.0 Å². The maximum Gasteiger partial charge on any atom is 0.342 e. The van der Waals surface area contributed by atoms with Crippen molar-refractivity contribution in [1.29, 1.82) is 0 Å².